The number of rotatable bonds is 10. The fraction of sp³-hybridized carbons (Fsp3) is 0.917. The van der Waals surface area contributed by atoms with Crippen molar-refractivity contribution in [2.75, 3.05) is 12.8 Å². The fourth-order valence-corrected chi connectivity index (χ4v) is 2.21. The van der Waals surface area contributed by atoms with Gasteiger partial charge in [-0.25, -0.2) is 0 Å². The maximum atomic E-state index is 11.4. The van der Waals surface area contributed by atoms with E-state index in [2.05, 4.69) is 15.9 Å². The molecule has 0 aliphatic heterocycles. The topological polar surface area (TPSA) is 83.8 Å². The molecule has 19 heavy (non-hydrogen) atoms. The number of halogens is 1. The van der Waals surface area contributed by atoms with Crippen molar-refractivity contribution in [3.05, 3.63) is 0 Å². The van der Waals surface area contributed by atoms with Gasteiger partial charge < -0.3 is 14.5 Å². The second-order valence-corrected chi connectivity index (χ2v) is 8.88. The van der Waals surface area contributed by atoms with Gasteiger partial charge in [-0.05, 0) is 26.7 Å². The van der Waals surface area contributed by atoms with Gasteiger partial charge in [0, 0.05) is 6.16 Å². The van der Waals surface area contributed by atoms with Crippen LogP contribution >= 0.6 is 23.5 Å². The molecule has 0 aromatic rings. The summed E-state index contributed by atoms with van der Waals surface area (Å²) in [7, 11) is -3.82. The van der Waals surface area contributed by atoms with Crippen LogP contribution in [0.15, 0.2) is 0 Å². The number of alkyl halides is 1. The predicted octanol–water partition coefficient (Wildman–Crippen LogP) is 3.22. The van der Waals surface area contributed by atoms with Crippen molar-refractivity contribution in [2.45, 2.75) is 56.7 Å². The largest absolute Gasteiger partial charge is 0.465 e. The summed E-state index contributed by atoms with van der Waals surface area (Å²) in [6.45, 7) is 3.92. The third kappa shape index (κ3) is 12.9. The first kappa shape index (κ1) is 19.1. The second kappa shape index (κ2) is 9.11. The maximum Gasteiger partial charge on any atom is 0.325 e. The van der Waals surface area contributed by atoms with Gasteiger partial charge in [0.05, 0.1) is 6.61 Å². The molecular weight excluding hydrogens is 335 g/mol. The summed E-state index contributed by atoms with van der Waals surface area (Å²) >= 11 is 3.23. The van der Waals surface area contributed by atoms with E-state index in [1.165, 1.54) is 0 Å². The molecule has 0 saturated heterocycles. The molecule has 114 valence electrons. The lowest BCUT2D eigenvalue weighted by Crippen LogP contribution is -2.26. The Morgan fingerprint density at radius 1 is 1.11 bits per heavy atom. The van der Waals surface area contributed by atoms with E-state index in [-0.39, 0.29) is 12.1 Å². The highest BCUT2D eigenvalue weighted by Crippen LogP contribution is 2.35. The maximum absolute atomic E-state index is 11.4. The first-order valence-electron chi connectivity index (χ1n) is 6.53. The molecule has 0 atom stereocenters. The van der Waals surface area contributed by atoms with Crippen LogP contribution in [0.25, 0.3) is 0 Å². The molecule has 0 fully saturated rings. The molecule has 0 aliphatic rings. The van der Waals surface area contributed by atoms with Crippen molar-refractivity contribution < 1.29 is 23.9 Å². The number of carbonyl (C=O) groups excluding carboxylic acids is 1. The van der Waals surface area contributed by atoms with Gasteiger partial charge in [0.1, 0.15) is 4.32 Å². The number of hydrogen-bond acceptors (Lipinski definition) is 3. The van der Waals surface area contributed by atoms with Crippen molar-refractivity contribution in [1.29, 1.82) is 0 Å². The number of hydrogen-bond donors (Lipinski definition) is 2. The van der Waals surface area contributed by atoms with Crippen molar-refractivity contribution >= 4 is 29.5 Å². The average Bonchev–Trinajstić information content (AvgIpc) is 2.23. The summed E-state index contributed by atoms with van der Waals surface area (Å²) in [5.74, 6) is -0.255. The molecule has 0 spiro atoms. The van der Waals surface area contributed by atoms with Crippen molar-refractivity contribution in [3.63, 3.8) is 0 Å². The summed E-state index contributed by atoms with van der Waals surface area (Å²) in [6, 6.07) is 0. The van der Waals surface area contributed by atoms with Crippen LogP contribution in [0.4, 0.5) is 0 Å². The molecule has 7 heteroatoms. The summed E-state index contributed by atoms with van der Waals surface area (Å²) in [5.41, 5.74) is 0. The van der Waals surface area contributed by atoms with Crippen LogP contribution in [0.1, 0.15) is 52.4 Å². The Balaban J connectivity index is 3.33. The lowest BCUT2D eigenvalue weighted by atomic mass is 10.1. The van der Waals surface area contributed by atoms with Crippen LogP contribution in [0, 0.1) is 0 Å². The average molecular weight is 359 g/mol. The molecule has 0 aliphatic carbocycles. The van der Waals surface area contributed by atoms with E-state index in [1.54, 1.807) is 13.8 Å². The smallest absolute Gasteiger partial charge is 0.325 e. The lowest BCUT2D eigenvalue weighted by Gasteiger charge is -2.14. The molecule has 0 rings (SSSR count). The molecule has 0 aromatic carbocycles. The predicted molar refractivity (Wildman–Crippen MR) is 78.6 cm³/mol. The van der Waals surface area contributed by atoms with Crippen LogP contribution < -0.4 is 0 Å². The normalized spacial score (nSPS) is 12.5. The first-order valence-corrected chi connectivity index (χ1v) is 9.13. The number of unbranched alkanes of at least 4 members (excludes halogenated alkanes) is 5. The molecule has 0 radical (unpaired) electrons. The Kier molecular flexibility index (Phi) is 9.16. The van der Waals surface area contributed by atoms with E-state index in [0.717, 1.165) is 32.1 Å². The summed E-state index contributed by atoms with van der Waals surface area (Å²) in [4.78, 5) is 28.7. The number of esters is 1. The van der Waals surface area contributed by atoms with E-state index in [0.29, 0.717) is 13.0 Å². The first-order chi connectivity index (χ1) is 8.63. The highest BCUT2D eigenvalue weighted by molar-refractivity contribution is 9.10. The van der Waals surface area contributed by atoms with E-state index >= 15 is 0 Å². The van der Waals surface area contributed by atoms with Crippen molar-refractivity contribution in [2.24, 2.45) is 0 Å². The molecule has 0 heterocycles. The Bertz CT molecular complexity index is 308. The monoisotopic (exact) mass is 358 g/mol. The Labute approximate surface area is 123 Å². The minimum absolute atomic E-state index is 0.0229. The molecule has 2 N–H and O–H groups in total. The van der Waals surface area contributed by atoms with Gasteiger partial charge in [-0.2, -0.15) is 0 Å². The fourth-order valence-electron chi connectivity index (χ4n) is 1.46. The molecule has 0 saturated carbocycles. The van der Waals surface area contributed by atoms with Gasteiger partial charge in [0.2, 0.25) is 0 Å². The molecule has 0 bridgehead atoms. The standard InChI is InChI=1S/C12H24BrO5P/c1-12(2,13)11(14)18-9-7-5-3-4-6-8-10-19(15,16)17/h3-10H2,1-2H3,(H2,15,16,17). The van der Waals surface area contributed by atoms with Crippen LogP contribution in [-0.4, -0.2) is 32.8 Å². The van der Waals surface area contributed by atoms with Crippen LogP contribution in [-0.2, 0) is 14.1 Å². The van der Waals surface area contributed by atoms with E-state index in [1.807, 2.05) is 0 Å². The third-order valence-corrected chi connectivity index (χ3v) is 3.78. The summed E-state index contributed by atoms with van der Waals surface area (Å²) in [5, 5.41) is 0. The van der Waals surface area contributed by atoms with Gasteiger partial charge in [0.25, 0.3) is 0 Å². The highest BCUT2D eigenvalue weighted by atomic mass is 79.9. The van der Waals surface area contributed by atoms with Gasteiger partial charge in [0.15, 0.2) is 0 Å². The van der Waals surface area contributed by atoms with Crippen molar-refractivity contribution in [1.82, 2.24) is 0 Å². The van der Waals surface area contributed by atoms with E-state index in [9.17, 15) is 9.36 Å². The summed E-state index contributed by atoms with van der Waals surface area (Å²) in [6.07, 6.45) is 5.12. The molecule has 0 aromatic heterocycles. The zero-order valence-electron chi connectivity index (χ0n) is 11.6. The summed E-state index contributed by atoms with van der Waals surface area (Å²) < 4.78 is 15.1. The second-order valence-electron chi connectivity index (χ2n) is 5.12. The molecule has 0 unspecified atom stereocenters. The quantitative estimate of drug-likeness (QED) is 0.271. The zero-order valence-corrected chi connectivity index (χ0v) is 14.1. The van der Waals surface area contributed by atoms with Gasteiger partial charge in [-0.3, -0.25) is 9.36 Å². The molecule has 0 amide bonds. The van der Waals surface area contributed by atoms with Crippen molar-refractivity contribution in [3.8, 4) is 0 Å². The Morgan fingerprint density at radius 2 is 1.58 bits per heavy atom. The SMILES string of the molecule is CC(C)(Br)C(=O)OCCCCCCCCP(=O)(O)O. The zero-order chi connectivity index (χ0) is 14.9. The molecular formula is C12H24BrO5P. The van der Waals surface area contributed by atoms with Gasteiger partial charge in [-0.1, -0.05) is 41.6 Å². The van der Waals surface area contributed by atoms with Crippen LogP contribution in [0.5, 0.6) is 0 Å². The number of ether oxygens (including phenoxy) is 1. The Morgan fingerprint density at radius 3 is 2.05 bits per heavy atom. The Hall–Kier alpha value is 0.1000. The van der Waals surface area contributed by atoms with Gasteiger partial charge >= 0.3 is 13.6 Å². The minimum Gasteiger partial charge on any atom is -0.465 e. The van der Waals surface area contributed by atoms with Crippen LogP contribution in [0.3, 0.4) is 0 Å². The highest BCUT2D eigenvalue weighted by Gasteiger charge is 2.24. The molecule has 5 nitrogen and oxygen atoms in total. The van der Waals surface area contributed by atoms with Crippen LogP contribution in [0.2, 0.25) is 0 Å². The van der Waals surface area contributed by atoms with Gasteiger partial charge in [-0.15, -0.1) is 0 Å². The number of carbonyl (C=O) groups is 1. The minimum atomic E-state index is -3.82. The lowest BCUT2D eigenvalue weighted by molar-refractivity contribution is -0.145. The van der Waals surface area contributed by atoms with E-state index < -0.39 is 11.9 Å². The third-order valence-electron chi connectivity index (χ3n) is 2.56. The van der Waals surface area contributed by atoms with E-state index in [4.69, 9.17) is 14.5 Å².